The summed E-state index contributed by atoms with van der Waals surface area (Å²) in [6.07, 6.45) is 5.25. The second-order valence-electron chi connectivity index (χ2n) is 11.4. The number of nitrogens with zero attached hydrogens (tertiary/aromatic N) is 1. The van der Waals surface area contributed by atoms with Crippen molar-refractivity contribution in [1.29, 1.82) is 0 Å². The highest BCUT2D eigenvalue weighted by atomic mass is 16.6. The van der Waals surface area contributed by atoms with Crippen LogP contribution in [-0.4, -0.2) is 173 Å². The number of hydrogen-bond acceptors (Lipinski definition) is 15. The van der Waals surface area contributed by atoms with Crippen LogP contribution in [0.1, 0.15) is 33.6 Å². The van der Waals surface area contributed by atoms with Crippen LogP contribution < -0.4 is 10.6 Å². The summed E-state index contributed by atoms with van der Waals surface area (Å²) in [5.41, 5.74) is 0.904. The van der Waals surface area contributed by atoms with Crippen LogP contribution in [0.5, 0.6) is 0 Å². The van der Waals surface area contributed by atoms with E-state index in [1.807, 2.05) is 0 Å². The van der Waals surface area contributed by atoms with Gasteiger partial charge in [0, 0.05) is 18.7 Å². The standard InChI is InChI=1S/C36H53N3O14/c1-2-9-44-11-13-46-15-17-48-19-21-50-23-25-52-27-28-53-26-24-51-22-20-49-18-16-47-14-12-45-10-8-37-30-5-3-4-29-33(30)36(43)39(35(29)42)31-6-7-32(40)38-34(31)41/h1,3-5,31,37H,6-28H2,(H,38,40,41). The van der Waals surface area contributed by atoms with Gasteiger partial charge >= 0.3 is 0 Å². The number of rotatable bonds is 33. The molecule has 1 unspecified atom stereocenters. The number of carbonyl (C=O) groups is 4. The first-order chi connectivity index (χ1) is 26.0. The van der Waals surface area contributed by atoms with Gasteiger partial charge in [0.2, 0.25) is 11.8 Å². The zero-order chi connectivity index (χ0) is 37.8. The third-order valence-electron chi connectivity index (χ3n) is 7.56. The summed E-state index contributed by atoms with van der Waals surface area (Å²) in [7, 11) is 0. The maximum absolute atomic E-state index is 13.1. The van der Waals surface area contributed by atoms with E-state index in [1.165, 1.54) is 0 Å². The Morgan fingerprint density at radius 3 is 1.49 bits per heavy atom. The summed E-state index contributed by atoms with van der Waals surface area (Å²) in [6.45, 7) is 9.29. The fourth-order valence-corrected chi connectivity index (χ4v) is 5.03. The predicted molar refractivity (Wildman–Crippen MR) is 189 cm³/mol. The lowest BCUT2D eigenvalue weighted by Crippen LogP contribution is -2.54. The van der Waals surface area contributed by atoms with Crippen LogP contribution in [0, 0.1) is 12.3 Å². The van der Waals surface area contributed by atoms with Crippen LogP contribution in [0.2, 0.25) is 0 Å². The van der Waals surface area contributed by atoms with E-state index in [0.29, 0.717) is 144 Å². The Bertz CT molecular complexity index is 1280. The Labute approximate surface area is 310 Å². The molecule has 1 atom stereocenters. The zero-order valence-electron chi connectivity index (χ0n) is 30.3. The lowest BCUT2D eigenvalue weighted by atomic mass is 10.0. The molecule has 17 nitrogen and oxygen atoms in total. The minimum Gasteiger partial charge on any atom is -0.382 e. The van der Waals surface area contributed by atoms with E-state index in [4.69, 9.17) is 53.8 Å². The topological polar surface area (TPSA) is 188 Å². The second-order valence-corrected chi connectivity index (χ2v) is 11.4. The maximum atomic E-state index is 13.1. The molecule has 0 saturated carbocycles. The van der Waals surface area contributed by atoms with Gasteiger partial charge in [0.1, 0.15) is 12.6 Å². The predicted octanol–water partition coefficient (Wildman–Crippen LogP) is 0.299. The lowest BCUT2D eigenvalue weighted by molar-refractivity contribution is -0.136. The van der Waals surface area contributed by atoms with E-state index in [9.17, 15) is 19.2 Å². The zero-order valence-corrected chi connectivity index (χ0v) is 30.3. The van der Waals surface area contributed by atoms with Crippen molar-refractivity contribution in [3.8, 4) is 12.3 Å². The highest BCUT2D eigenvalue weighted by Gasteiger charge is 2.45. The molecular weight excluding hydrogens is 698 g/mol. The van der Waals surface area contributed by atoms with Crippen molar-refractivity contribution in [2.24, 2.45) is 0 Å². The third kappa shape index (κ3) is 17.4. The SMILES string of the molecule is C#CCOCCOCCOCCOCCOCCOCCOCCOCCOCCOCCNc1cccc2c1C(=O)N(C1CCC(=O)NC1=O)C2=O. The van der Waals surface area contributed by atoms with E-state index in [2.05, 4.69) is 16.6 Å². The summed E-state index contributed by atoms with van der Waals surface area (Å²) < 4.78 is 54.3. The molecule has 1 saturated heterocycles. The molecule has 17 heteroatoms. The van der Waals surface area contributed by atoms with E-state index < -0.39 is 29.7 Å². The molecular formula is C36H53N3O14. The minimum atomic E-state index is -1.01. The number of fused-ring (bicyclic) bond motifs is 1. The number of nitrogens with one attached hydrogen (secondary N) is 2. The first kappa shape index (κ1) is 43.9. The highest BCUT2D eigenvalue weighted by molar-refractivity contribution is 6.25. The summed E-state index contributed by atoms with van der Waals surface area (Å²) in [5, 5.41) is 5.33. The minimum absolute atomic E-state index is 0.0651. The molecule has 1 fully saturated rings. The van der Waals surface area contributed by atoms with Crippen LogP contribution in [0.4, 0.5) is 5.69 Å². The normalized spacial score (nSPS) is 15.5. The molecule has 3 rings (SSSR count). The summed E-state index contributed by atoms with van der Waals surface area (Å²) >= 11 is 0. The number of carbonyl (C=O) groups excluding carboxylic acids is 4. The number of benzene rings is 1. The van der Waals surface area contributed by atoms with Gasteiger partial charge in [-0.1, -0.05) is 12.0 Å². The van der Waals surface area contributed by atoms with Crippen molar-refractivity contribution in [1.82, 2.24) is 10.2 Å². The van der Waals surface area contributed by atoms with E-state index in [1.54, 1.807) is 18.2 Å². The van der Waals surface area contributed by atoms with Gasteiger partial charge in [-0.25, -0.2) is 0 Å². The number of ether oxygens (including phenoxy) is 10. The number of amides is 4. The van der Waals surface area contributed by atoms with Crippen LogP contribution in [-0.2, 0) is 57.0 Å². The Kier molecular flexibility index (Phi) is 23.2. The Balaban J connectivity index is 1.03. The van der Waals surface area contributed by atoms with Gasteiger partial charge in [-0.05, 0) is 18.6 Å². The number of hydrogen-bond donors (Lipinski definition) is 2. The van der Waals surface area contributed by atoms with E-state index in [0.717, 1.165) is 4.90 Å². The molecule has 296 valence electrons. The van der Waals surface area contributed by atoms with Crippen molar-refractivity contribution in [3.63, 3.8) is 0 Å². The van der Waals surface area contributed by atoms with Gasteiger partial charge in [-0.3, -0.25) is 29.4 Å². The van der Waals surface area contributed by atoms with Gasteiger partial charge in [-0.15, -0.1) is 6.42 Å². The Hall–Kier alpha value is -3.54. The average molecular weight is 752 g/mol. The molecule has 0 radical (unpaired) electrons. The number of anilines is 1. The number of terminal acetylenes is 1. The monoisotopic (exact) mass is 751 g/mol. The Morgan fingerprint density at radius 1 is 0.623 bits per heavy atom. The van der Waals surface area contributed by atoms with Crippen LogP contribution in [0.3, 0.4) is 0 Å². The van der Waals surface area contributed by atoms with E-state index in [-0.39, 0.29) is 24.0 Å². The quantitative estimate of drug-likeness (QED) is 0.0567. The summed E-state index contributed by atoms with van der Waals surface area (Å²) in [4.78, 5) is 50.8. The van der Waals surface area contributed by atoms with Gasteiger partial charge in [0.05, 0.1) is 137 Å². The van der Waals surface area contributed by atoms with Crippen LogP contribution in [0.15, 0.2) is 18.2 Å². The van der Waals surface area contributed by atoms with Crippen molar-refractivity contribution in [2.45, 2.75) is 18.9 Å². The van der Waals surface area contributed by atoms with Gasteiger partial charge in [0.15, 0.2) is 0 Å². The van der Waals surface area contributed by atoms with E-state index >= 15 is 0 Å². The van der Waals surface area contributed by atoms with Crippen molar-refractivity contribution >= 4 is 29.3 Å². The lowest BCUT2D eigenvalue weighted by Gasteiger charge is -2.27. The van der Waals surface area contributed by atoms with Crippen molar-refractivity contribution in [3.05, 3.63) is 29.3 Å². The molecule has 1 aromatic carbocycles. The maximum Gasteiger partial charge on any atom is 0.264 e. The van der Waals surface area contributed by atoms with Crippen LogP contribution in [0.25, 0.3) is 0 Å². The largest absolute Gasteiger partial charge is 0.382 e. The van der Waals surface area contributed by atoms with Gasteiger partial charge in [0.25, 0.3) is 11.8 Å². The molecule has 2 aliphatic rings. The molecule has 0 aromatic heterocycles. The van der Waals surface area contributed by atoms with Gasteiger partial charge < -0.3 is 52.7 Å². The first-order valence-corrected chi connectivity index (χ1v) is 17.8. The summed E-state index contributed by atoms with van der Waals surface area (Å²) in [5.74, 6) is 0.220. The smallest absolute Gasteiger partial charge is 0.264 e. The summed E-state index contributed by atoms with van der Waals surface area (Å²) in [6, 6.07) is 3.90. The molecule has 0 spiro atoms. The average Bonchev–Trinajstić information content (AvgIpc) is 3.41. The molecule has 2 heterocycles. The molecule has 2 N–H and O–H groups in total. The van der Waals surface area contributed by atoms with Crippen LogP contribution >= 0.6 is 0 Å². The molecule has 2 aliphatic heterocycles. The fourth-order valence-electron chi connectivity index (χ4n) is 5.03. The molecule has 0 aliphatic carbocycles. The number of imide groups is 2. The van der Waals surface area contributed by atoms with Crippen molar-refractivity contribution in [2.75, 3.05) is 144 Å². The first-order valence-electron chi connectivity index (χ1n) is 17.8. The third-order valence-corrected chi connectivity index (χ3v) is 7.56. The molecule has 0 bridgehead atoms. The second kappa shape index (κ2) is 28.0. The fraction of sp³-hybridized carbons (Fsp3) is 0.667. The Morgan fingerprint density at radius 2 is 1.06 bits per heavy atom. The molecule has 4 amide bonds. The van der Waals surface area contributed by atoms with Crippen molar-refractivity contribution < 1.29 is 66.5 Å². The number of piperidine rings is 1. The van der Waals surface area contributed by atoms with Gasteiger partial charge in [-0.2, -0.15) is 0 Å². The molecule has 1 aromatic rings. The highest BCUT2D eigenvalue weighted by Crippen LogP contribution is 2.32. The molecule has 53 heavy (non-hydrogen) atoms.